The van der Waals surface area contributed by atoms with Crippen LogP contribution in [0.3, 0.4) is 0 Å². The third-order valence-corrected chi connectivity index (χ3v) is 3.72. The molecule has 1 aliphatic carbocycles. The van der Waals surface area contributed by atoms with Gasteiger partial charge in [-0.25, -0.2) is 0 Å². The summed E-state index contributed by atoms with van der Waals surface area (Å²) in [6.07, 6.45) is 2.11. The van der Waals surface area contributed by atoms with Gasteiger partial charge in [0.25, 0.3) is 0 Å². The Balaban J connectivity index is 2.63. The third-order valence-electron chi connectivity index (χ3n) is 2.32. The average molecular weight is 247 g/mol. The fourth-order valence-corrected chi connectivity index (χ4v) is 2.53. The topological polar surface area (TPSA) is 26.0 Å². The lowest BCUT2D eigenvalue weighted by Crippen LogP contribution is -2.05. The number of benzene rings is 1. The molecule has 0 unspecified atom stereocenters. The summed E-state index contributed by atoms with van der Waals surface area (Å²) in [5.74, 6) is 0. The van der Waals surface area contributed by atoms with E-state index in [0.717, 1.165) is 22.3 Å². The van der Waals surface area contributed by atoms with Crippen LogP contribution in [0, 0.1) is 0 Å². The van der Waals surface area contributed by atoms with Gasteiger partial charge in [0.15, 0.2) is 0 Å². The summed E-state index contributed by atoms with van der Waals surface area (Å²) in [5.41, 5.74) is 8.46. The van der Waals surface area contributed by atoms with Crippen LogP contribution < -0.4 is 5.73 Å². The summed E-state index contributed by atoms with van der Waals surface area (Å²) in [6.45, 7) is 0. The zero-order valence-corrected chi connectivity index (χ0v) is 8.82. The Labute approximate surface area is 85.0 Å². The lowest BCUT2D eigenvalue weighted by molar-refractivity contribution is 0.711. The Kier molecular flexibility index (Phi) is 2.15. The van der Waals surface area contributed by atoms with Gasteiger partial charge in [-0.05, 0) is 46.0 Å². The average Bonchev–Trinajstić information content (AvgIpc) is 2.41. The van der Waals surface area contributed by atoms with E-state index >= 15 is 0 Å². The largest absolute Gasteiger partial charge is 0.324 e. The van der Waals surface area contributed by atoms with Gasteiger partial charge in [0.1, 0.15) is 0 Å². The molecule has 0 saturated heterocycles. The SMILES string of the molecule is N[C@@H]1CCc2ccc(Cl)c(Br)c21. The smallest absolute Gasteiger partial charge is 0.0551 e. The predicted molar refractivity (Wildman–Crippen MR) is 54.4 cm³/mol. The van der Waals surface area contributed by atoms with Crippen LogP contribution in [0.25, 0.3) is 0 Å². The summed E-state index contributed by atoms with van der Waals surface area (Å²) in [7, 11) is 0. The second kappa shape index (κ2) is 3.02. The van der Waals surface area contributed by atoms with Crippen LogP contribution >= 0.6 is 27.5 Å². The number of halogens is 2. The molecule has 1 nitrogen and oxygen atoms in total. The molecular formula is C9H9BrClN. The molecule has 0 fully saturated rings. The van der Waals surface area contributed by atoms with Crippen LogP contribution in [0.2, 0.25) is 5.02 Å². The molecule has 0 heterocycles. The van der Waals surface area contributed by atoms with Gasteiger partial charge in [-0.15, -0.1) is 0 Å². The highest BCUT2D eigenvalue weighted by atomic mass is 79.9. The Morgan fingerprint density at radius 3 is 3.00 bits per heavy atom. The summed E-state index contributed by atoms with van der Waals surface area (Å²) < 4.78 is 0.978. The highest BCUT2D eigenvalue weighted by molar-refractivity contribution is 9.10. The number of aryl methyl sites for hydroxylation is 1. The Morgan fingerprint density at radius 1 is 1.50 bits per heavy atom. The number of hydrogen-bond donors (Lipinski definition) is 1. The minimum absolute atomic E-state index is 0.160. The van der Waals surface area contributed by atoms with Crippen molar-refractivity contribution in [2.75, 3.05) is 0 Å². The summed E-state index contributed by atoms with van der Waals surface area (Å²) in [6, 6.07) is 4.14. The second-order valence-electron chi connectivity index (χ2n) is 3.08. The van der Waals surface area contributed by atoms with Crippen LogP contribution in [-0.2, 0) is 6.42 Å². The van der Waals surface area contributed by atoms with Crippen molar-refractivity contribution in [3.8, 4) is 0 Å². The van der Waals surface area contributed by atoms with E-state index in [4.69, 9.17) is 17.3 Å². The molecule has 1 atom stereocenters. The van der Waals surface area contributed by atoms with E-state index < -0.39 is 0 Å². The Hall–Kier alpha value is -0.0500. The van der Waals surface area contributed by atoms with E-state index in [0.29, 0.717) is 0 Å². The van der Waals surface area contributed by atoms with Crippen LogP contribution in [0.5, 0.6) is 0 Å². The molecule has 2 N–H and O–H groups in total. The minimum Gasteiger partial charge on any atom is -0.324 e. The van der Waals surface area contributed by atoms with Gasteiger partial charge in [0.2, 0.25) is 0 Å². The van der Waals surface area contributed by atoms with Crippen molar-refractivity contribution in [3.05, 3.63) is 32.8 Å². The van der Waals surface area contributed by atoms with Crippen molar-refractivity contribution in [1.82, 2.24) is 0 Å². The lowest BCUT2D eigenvalue weighted by Gasteiger charge is -2.08. The molecule has 0 aromatic heterocycles. The van der Waals surface area contributed by atoms with Crippen molar-refractivity contribution < 1.29 is 0 Å². The van der Waals surface area contributed by atoms with Gasteiger partial charge in [-0.3, -0.25) is 0 Å². The minimum atomic E-state index is 0.160. The van der Waals surface area contributed by atoms with Crippen LogP contribution in [-0.4, -0.2) is 0 Å². The zero-order valence-electron chi connectivity index (χ0n) is 6.48. The molecular weight excluding hydrogens is 237 g/mol. The van der Waals surface area contributed by atoms with E-state index in [-0.39, 0.29) is 6.04 Å². The molecule has 0 spiro atoms. The van der Waals surface area contributed by atoms with Crippen molar-refractivity contribution in [2.45, 2.75) is 18.9 Å². The Bertz CT molecular complexity index is 325. The fraction of sp³-hybridized carbons (Fsp3) is 0.333. The molecule has 64 valence electrons. The first-order valence-electron chi connectivity index (χ1n) is 3.92. The van der Waals surface area contributed by atoms with Gasteiger partial charge >= 0.3 is 0 Å². The number of rotatable bonds is 0. The fourth-order valence-electron chi connectivity index (χ4n) is 1.68. The first kappa shape index (κ1) is 8.54. The van der Waals surface area contributed by atoms with E-state index in [1.807, 2.05) is 6.07 Å². The van der Waals surface area contributed by atoms with E-state index in [9.17, 15) is 0 Å². The van der Waals surface area contributed by atoms with Gasteiger partial charge in [0, 0.05) is 10.5 Å². The maximum atomic E-state index is 5.96. The molecule has 1 aromatic carbocycles. The molecule has 0 bridgehead atoms. The van der Waals surface area contributed by atoms with Crippen molar-refractivity contribution in [2.24, 2.45) is 5.73 Å². The van der Waals surface area contributed by atoms with Gasteiger partial charge in [0.05, 0.1) is 5.02 Å². The first-order chi connectivity index (χ1) is 5.70. The highest BCUT2D eigenvalue weighted by Crippen LogP contribution is 2.38. The van der Waals surface area contributed by atoms with Gasteiger partial charge in [-0.2, -0.15) is 0 Å². The monoisotopic (exact) mass is 245 g/mol. The van der Waals surface area contributed by atoms with Crippen molar-refractivity contribution >= 4 is 27.5 Å². The highest BCUT2D eigenvalue weighted by Gasteiger charge is 2.22. The van der Waals surface area contributed by atoms with Crippen molar-refractivity contribution in [3.63, 3.8) is 0 Å². The molecule has 0 aliphatic heterocycles. The molecule has 3 heteroatoms. The molecule has 0 radical (unpaired) electrons. The van der Waals surface area contributed by atoms with Gasteiger partial charge < -0.3 is 5.73 Å². The maximum absolute atomic E-state index is 5.96. The number of nitrogens with two attached hydrogens (primary N) is 1. The van der Waals surface area contributed by atoms with E-state index in [2.05, 4.69) is 22.0 Å². The van der Waals surface area contributed by atoms with Crippen LogP contribution in [0.4, 0.5) is 0 Å². The molecule has 0 saturated carbocycles. The number of hydrogen-bond acceptors (Lipinski definition) is 1. The van der Waals surface area contributed by atoms with E-state index in [1.54, 1.807) is 0 Å². The standard InChI is InChI=1S/C9H9BrClN/c10-9-6(11)3-1-5-2-4-7(12)8(5)9/h1,3,7H,2,4,12H2/t7-/m1/s1. The maximum Gasteiger partial charge on any atom is 0.0551 e. The predicted octanol–water partition coefficient (Wildman–Crippen LogP) is 3.05. The van der Waals surface area contributed by atoms with E-state index in [1.165, 1.54) is 11.1 Å². The van der Waals surface area contributed by atoms with Gasteiger partial charge in [-0.1, -0.05) is 17.7 Å². The Morgan fingerprint density at radius 2 is 2.25 bits per heavy atom. The molecule has 1 aromatic rings. The molecule has 12 heavy (non-hydrogen) atoms. The summed E-state index contributed by atoms with van der Waals surface area (Å²) in [5, 5.41) is 0.756. The normalized spacial score (nSPS) is 21.1. The van der Waals surface area contributed by atoms with Crippen molar-refractivity contribution in [1.29, 1.82) is 0 Å². The zero-order chi connectivity index (χ0) is 8.72. The lowest BCUT2D eigenvalue weighted by atomic mass is 10.1. The quantitative estimate of drug-likeness (QED) is 0.748. The van der Waals surface area contributed by atoms with Crippen LogP contribution in [0.15, 0.2) is 16.6 Å². The second-order valence-corrected chi connectivity index (χ2v) is 4.28. The molecule has 1 aliphatic rings. The van der Waals surface area contributed by atoms with Crippen LogP contribution in [0.1, 0.15) is 23.6 Å². The third kappa shape index (κ3) is 1.18. The number of fused-ring (bicyclic) bond motifs is 1. The molecule has 0 amide bonds. The summed E-state index contributed by atoms with van der Waals surface area (Å²) in [4.78, 5) is 0. The first-order valence-corrected chi connectivity index (χ1v) is 5.09. The summed E-state index contributed by atoms with van der Waals surface area (Å²) >= 11 is 9.41. The molecule has 2 rings (SSSR count).